The van der Waals surface area contributed by atoms with Gasteiger partial charge in [0.15, 0.2) is 0 Å². The molecule has 18 heteroatoms. The maximum absolute atomic E-state index is 11.8. The number of hydrogen-bond donors (Lipinski definition) is 0. The van der Waals surface area contributed by atoms with Crippen LogP contribution in [0.4, 0.5) is 79.0 Å². The molecule has 0 fully saturated rings. The Balaban J connectivity index is -0.0000000668. The molecule has 0 radical (unpaired) electrons. The van der Waals surface area contributed by atoms with Crippen LogP contribution in [-0.2, 0) is 0 Å². The molecule has 0 aromatic carbocycles. The van der Waals surface area contributed by atoms with Gasteiger partial charge in [-0.3, -0.25) is 8.78 Å². The van der Waals surface area contributed by atoms with E-state index in [-0.39, 0.29) is 38.0 Å². The van der Waals surface area contributed by atoms with Crippen molar-refractivity contribution in [1.29, 1.82) is 0 Å². The molecule has 0 rings (SSSR count). The summed E-state index contributed by atoms with van der Waals surface area (Å²) < 4.78 is 236. The van der Waals surface area contributed by atoms with Crippen LogP contribution in [0.25, 0.3) is 0 Å². The van der Waals surface area contributed by atoms with Gasteiger partial charge < -0.3 is 0 Å². The van der Waals surface area contributed by atoms with E-state index >= 15 is 0 Å². The van der Waals surface area contributed by atoms with Crippen LogP contribution in [0.15, 0.2) is 0 Å². The summed E-state index contributed by atoms with van der Waals surface area (Å²) in [5.74, 6) is -2.50. The summed E-state index contributed by atoms with van der Waals surface area (Å²) in [6, 6.07) is 0. The summed E-state index contributed by atoms with van der Waals surface area (Å²) in [4.78, 5) is 0. The SMILES string of the molecule is CCC(C)(C)C.CCC(C)C.CCC(C)C.CCC(C)C.CCC(C)C(F)(F)F.CCC(C)C(F)F.CCC(C)CF.CCCC(C)(C)C.CCCC(C)C.CCCC(C)C(F)(F)F.CCCC(C)C(F)F.CCCC(C)CF.[2H]C([2H])(C)C(C)C(F)(F)F.[2H]C([2H])(C)CC(C)C(F)(F)F. The third kappa shape index (κ3) is 156. The topological polar surface area (TPSA) is 0 Å². The first-order valence-electron chi connectivity index (χ1n) is 38.4. The zero-order valence-corrected chi connectivity index (χ0v) is 69.0. The molecule has 0 aliphatic carbocycles. The Morgan fingerprint density at radius 1 is 0.292 bits per heavy atom. The molecule has 0 nitrogen and oxygen atoms in total. The first-order chi connectivity index (χ1) is 44.4. The Hall–Kier alpha value is -1.26. The molecule has 8 unspecified atom stereocenters. The molecule has 0 aromatic rings. The quantitative estimate of drug-likeness (QED) is 0.0948. The average molecular weight is 1450 g/mol. The van der Waals surface area contributed by atoms with Crippen LogP contribution in [0.1, 0.15) is 383 Å². The highest BCUT2D eigenvalue weighted by atomic mass is 19.4. The zero-order chi connectivity index (χ0) is 84.2. The molecule has 604 valence electrons. The smallest absolute Gasteiger partial charge is 0.251 e. The van der Waals surface area contributed by atoms with Gasteiger partial charge in [0.05, 0.1) is 37.0 Å². The summed E-state index contributed by atoms with van der Waals surface area (Å²) in [7, 11) is 0. The van der Waals surface area contributed by atoms with Crippen LogP contribution in [0, 0.1) is 81.8 Å². The molecule has 8 atom stereocenters. The molecule has 0 aliphatic rings. The van der Waals surface area contributed by atoms with E-state index in [0.29, 0.717) is 30.1 Å². The normalized spacial score (nSPS) is 14.5. The minimum absolute atomic E-state index is 0.159. The van der Waals surface area contributed by atoms with E-state index in [2.05, 4.69) is 145 Å². The van der Waals surface area contributed by atoms with Gasteiger partial charge in [-0.05, 0) is 97.7 Å². The van der Waals surface area contributed by atoms with Crippen LogP contribution in [-0.4, -0.2) is 50.9 Å². The largest absolute Gasteiger partial charge is 0.391 e. The van der Waals surface area contributed by atoms with Crippen molar-refractivity contribution in [1.82, 2.24) is 0 Å². The average Bonchev–Trinajstić information content (AvgIpc) is 0.864. The summed E-state index contributed by atoms with van der Waals surface area (Å²) in [6.07, 6.45) is -8.66. The van der Waals surface area contributed by atoms with Gasteiger partial charge in [0.1, 0.15) is 0 Å². The third-order valence-electron chi connectivity index (χ3n) is 14.1. The summed E-state index contributed by atoms with van der Waals surface area (Å²) >= 11 is 0. The van der Waals surface area contributed by atoms with E-state index in [0.717, 1.165) is 77.0 Å². The second-order valence-corrected chi connectivity index (χ2v) is 29.0. The Kier molecular flexibility index (Phi) is 99.9. The van der Waals surface area contributed by atoms with Crippen molar-refractivity contribution in [3.05, 3.63) is 0 Å². The fourth-order valence-corrected chi connectivity index (χ4v) is 4.18. The lowest BCUT2D eigenvalue weighted by atomic mass is 9.91. The first-order valence-corrected chi connectivity index (χ1v) is 36.4. The molecule has 0 saturated heterocycles. The second kappa shape index (κ2) is 82.7. The predicted octanol–water partition coefficient (Wildman–Crippen LogP) is 34.4. The maximum atomic E-state index is 11.8. The number of rotatable bonds is 22. The van der Waals surface area contributed by atoms with Crippen LogP contribution >= 0.6 is 0 Å². The van der Waals surface area contributed by atoms with Gasteiger partial charge in [-0.2, -0.15) is 52.7 Å². The van der Waals surface area contributed by atoms with Gasteiger partial charge in [-0.1, -0.05) is 326 Å². The highest BCUT2D eigenvalue weighted by Gasteiger charge is 2.36. The van der Waals surface area contributed by atoms with Gasteiger partial charge in [0, 0.05) is 17.3 Å². The van der Waals surface area contributed by atoms with E-state index in [1.165, 1.54) is 72.1 Å². The lowest BCUT2D eigenvalue weighted by Gasteiger charge is -2.15. The van der Waals surface area contributed by atoms with Crippen molar-refractivity contribution in [3.63, 3.8) is 0 Å². The molecule has 0 N–H and O–H groups in total. The lowest BCUT2D eigenvalue weighted by molar-refractivity contribution is -0.171. The minimum atomic E-state index is -4.43. The Labute approximate surface area is 593 Å². The molecule has 0 aliphatic heterocycles. The molecule has 0 spiro atoms. The minimum Gasteiger partial charge on any atom is -0.251 e. The second-order valence-electron chi connectivity index (χ2n) is 29.0. The standard InChI is InChI=1S/C7H16.2C6H11F3.C6H12F2.C6H13F.2C6H14.2C5H9F3.C5H10F2.C5H11F.3C5H12/c1-5-6-7(2,3)4;2*1-3-4-5(2)6(7,8)9;1-3-4-5(2)6(7)8;1-3-4-6(2)5-7;1-5-6(2,3)4;1-4-5-6(2)3;2*1-3-4(2)5(6,7)8;1-3-4(2)5(6)7;1-3-5(2)4-6;3*1-4-5(2)3/h5-6H2,1-4H3;2*5H,3-4H2,1-2H3;5-6H,3-4H2,1-2H3;6H,3-5H2,1-2H3;5H2,1-4H3;6H,4-5H2,1-3H3;2*4H,3H2,1-2H3;4-5H,3H2,1-2H3;5H,3-4H2,1-2H3;3*5H,4H2,1-3H3/i;3D2;;;;;;3D2;;;;;;. The van der Waals surface area contributed by atoms with Crippen molar-refractivity contribution >= 4 is 0 Å². The van der Waals surface area contributed by atoms with E-state index < -0.39 is 92.2 Å². The fraction of sp³-hybridized carbons (Fsp3) is 1.00. The van der Waals surface area contributed by atoms with Crippen LogP contribution in [0.3, 0.4) is 0 Å². The van der Waals surface area contributed by atoms with Gasteiger partial charge >= 0.3 is 24.7 Å². The van der Waals surface area contributed by atoms with Crippen LogP contribution < -0.4 is 0 Å². The highest BCUT2D eigenvalue weighted by molar-refractivity contribution is 4.63. The van der Waals surface area contributed by atoms with Crippen molar-refractivity contribution in [2.45, 2.75) is 415 Å². The zero-order valence-electron chi connectivity index (χ0n) is 73.0. The highest BCUT2D eigenvalue weighted by Crippen LogP contribution is 2.31. The van der Waals surface area contributed by atoms with Crippen molar-refractivity contribution < 1.29 is 84.5 Å². The fourth-order valence-electron chi connectivity index (χ4n) is 4.18. The first kappa shape index (κ1) is 116. The maximum Gasteiger partial charge on any atom is 0.391 e. The molecule has 96 heavy (non-hydrogen) atoms. The molecule has 0 aromatic heterocycles. The van der Waals surface area contributed by atoms with Gasteiger partial charge in [-0.25, -0.2) is 17.6 Å². The molecular formula is C78H166F18. The molecule has 0 saturated carbocycles. The third-order valence-corrected chi connectivity index (χ3v) is 14.1. The van der Waals surface area contributed by atoms with E-state index in [4.69, 9.17) is 5.48 Å². The molecule has 0 bridgehead atoms. The van der Waals surface area contributed by atoms with E-state index in [9.17, 15) is 79.0 Å². The number of hydrogen-bond acceptors (Lipinski definition) is 0. The van der Waals surface area contributed by atoms with Crippen molar-refractivity contribution in [2.75, 3.05) is 13.3 Å². The predicted molar refractivity (Wildman–Crippen MR) is 392 cm³/mol. The molecule has 0 amide bonds. The number of halogens is 18. The van der Waals surface area contributed by atoms with Gasteiger partial charge in [-0.15, -0.1) is 0 Å². The Bertz CT molecular complexity index is 1460. The summed E-state index contributed by atoms with van der Waals surface area (Å²) in [5.41, 5.74) is 1.09. The Morgan fingerprint density at radius 2 is 0.573 bits per heavy atom. The van der Waals surface area contributed by atoms with Crippen LogP contribution in [0.5, 0.6) is 0 Å². The monoisotopic (exact) mass is 1450 g/mol. The molecule has 0 heterocycles. The van der Waals surface area contributed by atoms with Crippen molar-refractivity contribution in [3.8, 4) is 0 Å². The molecular weight excluding hydrogens is 1280 g/mol. The van der Waals surface area contributed by atoms with Crippen LogP contribution in [0.2, 0.25) is 0 Å². The summed E-state index contributed by atoms with van der Waals surface area (Å²) in [6.45, 7) is 68.6. The van der Waals surface area contributed by atoms with E-state index in [1.54, 1.807) is 27.7 Å². The Morgan fingerprint density at radius 3 is 0.615 bits per heavy atom. The number of alkyl halides is 18. The van der Waals surface area contributed by atoms with Gasteiger partial charge in [0.2, 0.25) is 12.9 Å². The van der Waals surface area contributed by atoms with E-state index in [1.807, 2.05) is 27.7 Å². The summed E-state index contributed by atoms with van der Waals surface area (Å²) in [5, 5.41) is 0. The van der Waals surface area contributed by atoms with Gasteiger partial charge in [0.25, 0.3) is 0 Å². The van der Waals surface area contributed by atoms with Crippen molar-refractivity contribution in [2.24, 2.45) is 81.8 Å². The lowest BCUT2D eigenvalue weighted by Crippen LogP contribution is -2.19.